The lowest BCUT2D eigenvalue weighted by Crippen LogP contribution is -2.08. The molecule has 2 aromatic carbocycles. The van der Waals surface area contributed by atoms with Crippen LogP contribution in [0.5, 0.6) is 5.75 Å². The van der Waals surface area contributed by atoms with Gasteiger partial charge in [0, 0.05) is 17.1 Å². The zero-order valence-corrected chi connectivity index (χ0v) is 12.4. The fraction of sp³-hybridized carbons (Fsp3) is 0.188. The van der Waals surface area contributed by atoms with E-state index in [2.05, 4.69) is 0 Å². The second-order valence-electron chi connectivity index (χ2n) is 4.51. The Kier molecular flexibility index (Phi) is 5.06. The molecule has 0 aliphatic heterocycles. The lowest BCUT2D eigenvalue weighted by atomic mass is 10.1. The third kappa shape index (κ3) is 4.39. The van der Waals surface area contributed by atoms with Crippen LogP contribution in [0.4, 0.5) is 5.69 Å². The summed E-state index contributed by atoms with van der Waals surface area (Å²) < 4.78 is 10.3. The van der Waals surface area contributed by atoms with Gasteiger partial charge in [-0.25, -0.2) is 4.79 Å². The van der Waals surface area contributed by atoms with Gasteiger partial charge in [-0.15, -0.1) is 0 Å². The van der Waals surface area contributed by atoms with E-state index in [4.69, 9.17) is 26.8 Å². The van der Waals surface area contributed by atoms with Crippen molar-refractivity contribution in [3.05, 3.63) is 58.6 Å². The summed E-state index contributed by atoms with van der Waals surface area (Å²) in [6.07, 6.45) is 0.631. The molecule has 0 saturated carbocycles. The van der Waals surface area contributed by atoms with Crippen LogP contribution in [0.25, 0.3) is 0 Å². The van der Waals surface area contributed by atoms with Crippen LogP contribution in [0.2, 0.25) is 5.02 Å². The Hall–Kier alpha value is -2.20. The second kappa shape index (κ2) is 6.99. The minimum absolute atomic E-state index is 0.289. The SMILES string of the molecule is COc1ccc(CCOC(=O)c2cc(N)cc(Cl)c2)cc1. The average Bonchev–Trinajstić information content (AvgIpc) is 2.47. The number of carbonyl (C=O) groups excluding carboxylic acids is 1. The summed E-state index contributed by atoms with van der Waals surface area (Å²) in [7, 11) is 1.62. The standard InChI is InChI=1S/C16H16ClNO3/c1-20-15-4-2-11(3-5-15)6-7-21-16(19)12-8-13(17)10-14(18)9-12/h2-5,8-10H,6-7,18H2,1H3. The van der Waals surface area contributed by atoms with E-state index in [1.807, 2.05) is 24.3 Å². The molecule has 110 valence electrons. The Labute approximate surface area is 128 Å². The van der Waals surface area contributed by atoms with Gasteiger partial charge in [0.25, 0.3) is 0 Å². The molecule has 0 atom stereocenters. The van der Waals surface area contributed by atoms with Crippen molar-refractivity contribution in [1.82, 2.24) is 0 Å². The molecule has 2 rings (SSSR count). The Morgan fingerprint density at radius 1 is 1.19 bits per heavy atom. The highest BCUT2D eigenvalue weighted by Gasteiger charge is 2.09. The van der Waals surface area contributed by atoms with Crippen molar-refractivity contribution >= 4 is 23.3 Å². The van der Waals surface area contributed by atoms with Gasteiger partial charge < -0.3 is 15.2 Å². The third-order valence-electron chi connectivity index (χ3n) is 2.94. The molecule has 0 saturated heterocycles. The highest BCUT2D eigenvalue weighted by atomic mass is 35.5. The maximum Gasteiger partial charge on any atom is 0.338 e. The van der Waals surface area contributed by atoms with Crippen LogP contribution in [0.3, 0.4) is 0 Å². The first-order valence-electron chi connectivity index (χ1n) is 6.44. The number of carbonyl (C=O) groups is 1. The first-order valence-corrected chi connectivity index (χ1v) is 6.82. The summed E-state index contributed by atoms with van der Waals surface area (Å²) >= 11 is 5.85. The average molecular weight is 306 g/mol. The number of nitrogen functional groups attached to an aromatic ring is 1. The van der Waals surface area contributed by atoms with Gasteiger partial charge in [0.2, 0.25) is 0 Å². The van der Waals surface area contributed by atoms with Crippen LogP contribution in [-0.4, -0.2) is 19.7 Å². The highest BCUT2D eigenvalue weighted by Crippen LogP contribution is 2.17. The van der Waals surface area contributed by atoms with Crippen molar-refractivity contribution in [2.75, 3.05) is 19.5 Å². The zero-order valence-electron chi connectivity index (χ0n) is 11.6. The summed E-state index contributed by atoms with van der Waals surface area (Å²) in [4.78, 5) is 11.9. The topological polar surface area (TPSA) is 61.5 Å². The monoisotopic (exact) mass is 305 g/mol. The van der Waals surface area contributed by atoms with Gasteiger partial charge in [-0.3, -0.25) is 0 Å². The number of ether oxygens (including phenoxy) is 2. The summed E-state index contributed by atoms with van der Waals surface area (Å²) in [5.41, 5.74) is 7.50. The van der Waals surface area contributed by atoms with Gasteiger partial charge >= 0.3 is 5.97 Å². The number of esters is 1. The van der Waals surface area contributed by atoms with Crippen molar-refractivity contribution in [2.24, 2.45) is 0 Å². The van der Waals surface area contributed by atoms with Gasteiger partial charge in [0.1, 0.15) is 5.75 Å². The van der Waals surface area contributed by atoms with Crippen LogP contribution < -0.4 is 10.5 Å². The smallest absolute Gasteiger partial charge is 0.338 e. The number of halogens is 1. The van der Waals surface area contributed by atoms with Crippen molar-refractivity contribution in [3.63, 3.8) is 0 Å². The molecule has 0 heterocycles. The van der Waals surface area contributed by atoms with E-state index < -0.39 is 5.97 Å². The molecule has 4 nitrogen and oxygen atoms in total. The van der Waals surface area contributed by atoms with Gasteiger partial charge in [0.05, 0.1) is 19.3 Å². The molecule has 5 heteroatoms. The minimum atomic E-state index is -0.433. The van der Waals surface area contributed by atoms with E-state index in [1.165, 1.54) is 6.07 Å². The van der Waals surface area contributed by atoms with Crippen molar-refractivity contribution in [3.8, 4) is 5.75 Å². The zero-order chi connectivity index (χ0) is 15.2. The molecule has 0 aliphatic rings. The number of nitrogens with two attached hydrogens (primary N) is 1. The van der Waals surface area contributed by atoms with Gasteiger partial charge in [-0.05, 0) is 35.9 Å². The summed E-state index contributed by atoms with van der Waals surface area (Å²) in [5, 5.41) is 0.414. The van der Waals surface area contributed by atoms with Crippen LogP contribution >= 0.6 is 11.6 Å². The van der Waals surface area contributed by atoms with Crippen LogP contribution in [0.15, 0.2) is 42.5 Å². The summed E-state index contributed by atoms with van der Waals surface area (Å²) in [5.74, 6) is 0.364. The van der Waals surface area contributed by atoms with Crippen molar-refractivity contribution in [2.45, 2.75) is 6.42 Å². The lowest BCUT2D eigenvalue weighted by Gasteiger charge is -2.07. The Morgan fingerprint density at radius 2 is 1.90 bits per heavy atom. The fourth-order valence-corrected chi connectivity index (χ4v) is 2.11. The molecule has 21 heavy (non-hydrogen) atoms. The van der Waals surface area contributed by atoms with E-state index in [0.717, 1.165) is 11.3 Å². The van der Waals surface area contributed by atoms with E-state index >= 15 is 0 Å². The molecule has 0 fully saturated rings. The number of methoxy groups -OCH3 is 1. The highest BCUT2D eigenvalue weighted by molar-refractivity contribution is 6.31. The van der Waals surface area contributed by atoms with Gasteiger partial charge in [-0.1, -0.05) is 23.7 Å². The molecule has 0 aromatic heterocycles. The van der Waals surface area contributed by atoms with Crippen LogP contribution in [0.1, 0.15) is 15.9 Å². The number of anilines is 1. The Bertz CT molecular complexity index is 606. The first kappa shape index (κ1) is 15.2. The summed E-state index contributed by atoms with van der Waals surface area (Å²) in [6.45, 7) is 0.289. The molecule has 0 spiro atoms. The Morgan fingerprint density at radius 3 is 2.52 bits per heavy atom. The normalized spacial score (nSPS) is 10.2. The number of hydrogen-bond donors (Lipinski definition) is 1. The lowest BCUT2D eigenvalue weighted by molar-refractivity contribution is 0.0509. The minimum Gasteiger partial charge on any atom is -0.497 e. The van der Waals surface area contributed by atoms with E-state index in [1.54, 1.807) is 19.2 Å². The number of hydrogen-bond acceptors (Lipinski definition) is 4. The van der Waals surface area contributed by atoms with Gasteiger partial charge in [-0.2, -0.15) is 0 Å². The molecule has 0 bridgehead atoms. The first-order chi connectivity index (χ1) is 10.1. The van der Waals surface area contributed by atoms with Gasteiger partial charge in [0.15, 0.2) is 0 Å². The van der Waals surface area contributed by atoms with E-state index in [9.17, 15) is 4.79 Å². The predicted octanol–water partition coefficient (Wildman–Crippen LogP) is 3.33. The molecular weight excluding hydrogens is 290 g/mol. The number of rotatable bonds is 5. The van der Waals surface area contributed by atoms with Crippen molar-refractivity contribution in [1.29, 1.82) is 0 Å². The molecule has 0 unspecified atom stereocenters. The summed E-state index contributed by atoms with van der Waals surface area (Å²) in [6, 6.07) is 12.3. The molecular formula is C16H16ClNO3. The molecule has 0 amide bonds. The third-order valence-corrected chi connectivity index (χ3v) is 3.16. The quantitative estimate of drug-likeness (QED) is 0.680. The largest absolute Gasteiger partial charge is 0.497 e. The number of benzene rings is 2. The van der Waals surface area contributed by atoms with E-state index in [-0.39, 0.29) is 6.61 Å². The van der Waals surface area contributed by atoms with E-state index in [0.29, 0.717) is 22.7 Å². The van der Waals surface area contributed by atoms with Crippen LogP contribution in [0, 0.1) is 0 Å². The maximum atomic E-state index is 11.9. The Balaban J connectivity index is 1.88. The van der Waals surface area contributed by atoms with Crippen LogP contribution in [-0.2, 0) is 11.2 Å². The molecule has 2 N–H and O–H groups in total. The van der Waals surface area contributed by atoms with Crippen molar-refractivity contribution < 1.29 is 14.3 Å². The molecule has 0 aliphatic carbocycles. The molecule has 0 radical (unpaired) electrons. The predicted molar refractivity (Wildman–Crippen MR) is 82.8 cm³/mol. The molecule has 2 aromatic rings. The second-order valence-corrected chi connectivity index (χ2v) is 4.94. The maximum absolute atomic E-state index is 11.9. The fourth-order valence-electron chi connectivity index (χ4n) is 1.87.